The summed E-state index contributed by atoms with van der Waals surface area (Å²) >= 11 is 6.19. The van der Waals surface area contributed by atoms with Crippen molar-refractivity contribution >= 4 is 40.5 Å². The molecule has 14 heteroatoms. The lowest BCUT2D eigenvalue weighted by Crippen LogP contribution is -2.39. The maximum Gasteiger partial charge on any atom is 0.303 e. The lowest BCUT2D eigenvalue weighted by molar-refractivity contribution is -0.182. The first-order chi connectivity index (χ1) is 17.7. The van der Waals surface area contributed by atoms with E-state index in [1.165, 1.54) is 6.33 Å². The monoisotopic (exact) mass is 534 g/mol. The van der Waals surface area contributed by atoms with Crippen molar-refractivity contribution in [1.82, 2.24) is 24.6 Å². The van der Waals surface area contributed by atoms with Gasteiger partial charge in [0.25, 0.3) is 5.91 Å². The van der Waals surface area contributed by atoms with E-state index in [0.29, 0.717) is 22.6 Å². The van der Waals surface area contributed by atoms with E-state index in [1.54, 1.807) is 28.8 Å². The lowest BCUT2D eigenvalue weighted by Gasteiger charge is -2.22. The second-order valence-electron chi connectivity index (χ2n) is 8.84. The minimum absolute atomic E-state index is 0.0792. The van der Waals surface area contributed by atoms with Gasteiger partial charge in [0.15, 0.2) is 23.6 Å². The van der Waals surface area contributed by atoms with Crippen molar-refractivity contribution in [3.05, 3.63) is 41.4 Å². The molecule has 1 fully saturated rings. The molecule has 1 amide bonds. The van der Waals surface area contributed by atoms with Gasteiger partial charge >= 0.3 is 5.97 Å². The topological polar surface area (TPSA) is 183 Å². The van der Waals surface area contributed by atoms with Gasteiger partial charge in [0.05, 0.1) is 37.2 Å². The van der Waals surface area contributed by atoms with Crippen LogP contribution in [0.5, 0.6) is 5.75 Å². The summed E-state index contributed by atoms with van der Waals surface area (Å²) in [7, 11) is 0. The van der Waals surface area contributed by atoms with E-state index in [-0.39, 0.29) is 36.3 Å². The number of aromatic hydroxyl groups is 1. The Morgan fingerprint density at radius 1 is 1.27 bits per heavy atom. The summed E-state index contributed by atoms with van der Waals surface area (Å²) in [6, 6.07) is 4.85. The average molecular weight is 535 g/mol. The Bertz CT molecular complexity index is 1270. The highest BCUT2D eigenvalue weighted by atomic mass is 35.5. The van der Waals surface area contributed by atoms with E-state index in [9.17, 15) is 30.1 Å². The van der Waals surface area contributed by atoms with Crippen LogP contribution in [0.25, 0.3) is 11.2 Å². The standard InChI is InChI=1S/C23H27ClN6O7/c1-12(32)37-10-19(35)30(36)15-7-17(18(34)8-15)29-11-25-20-21(27-23(24)28-22(20)29)26-14(9-31)6-13-2-4-16(33)5-3-13/h2-5,11,14-15,17-18,31,33-34,36H,6-10H2,1H3,(H,26,27,28)/t14-,15?,17+,18-/m0/s1. The number of aromatic nitrogens is 4. The van der Waals surface area contributed by atoms with Crippen molar-refractivity contribution in [2.75, 3.05) is 18.5 Å². The number of carbonyl (C=O) groups is 2. The molecule has 0 aliphatic heterocycles. The zero-order chi connectivity index (χ0) is 26.7. The van der Waals surface area contributed by atoms with Crippen molar-refractivity contribution in [3.8, 4) is 5.75 Å². The molecule has 4 atom stereocenters. The third-order valence-corrected chi connectivity index (χ3v) is 6.37. The van der Waals surface area contributed by atoms with E-state index in [0.717, 1.165) is 12.5 Å². The molecule has 0 radical (unpaired) electrons. The molecular formula is C23H27ClN6O7. The van der Waals surface area contributed by atoms with E-state index in [1.807, 2.05) is 0 Å². The third kappa shape index (κ3) is 6.07. The molecule has 1 aliphatic carbocycles. The second-order valence-corrected chi connectivity index (χ2v) is 9.18. The zero-order valence-electron chi connectivity index (χ0n) is 19.9. The predicted molar refractivity (Wildman–Crippen MR) is 130 cm³/mol. The molecule has 5 N–H and O–H groups in total. The largest absolute Gasteiger partial charge is 0.508 e. The molecule has 0 spiro atoms. The second kappa shape index (κ2) is 11.3. The number of nitrogens with zero attached hydrogens (tertiary/aromatic N) is 5. The number of aliphatic hydroxyl groups is 2. The Hall–Kier alpha value is -3.52. The first-order valence-corrected chi connectivity index (χ1v) is 11.9. The van der Waals surface area contributed by atoms with Crippen LogP contribution in [-0.2, 0) is 20.7 Å². The lowest BCUT2D eigenvalue weighted by atomic mass is 10.1. The quantitative estimate of drug-likeness (QED) is 0.114. The van der Waals surface area contributed by atoms with Crippen LogP contribution in [0.15, 0.2) is 30.6 Å². The fourth-order valence-electron chi connectivity index (χ4n) is 4.40. The molecule has 1 saturated carbocycles. The maximum atomic E-state index is 12.1. The summed E-state index contributed by atoms with van der Waals surface area (Å²) in [5, 5.41) is 44.0. The zero-order valence-corrected chi connectivity index (χ0v) is 20.6. The van der Waals surface area contributed by atoms with Gasteiger partial charge in [0.2, 0.25) is 5.28 Å². The van der Waals surface area contributed by atoms with Gasteiger partial charge in [-0.15, -0.1) is 0 Å². The minimum Gasteiger partial charge on any atom is -0.508 e. The van der Waals surface area contributed by atoms with Gasteiger partial charge in [0, 0.05) is 6.92 Å². The number of carbonyl (C=O) groups excluding carboxylic acids is 2. The number of hydroxylamine groups is 2. The van der Waals surface area contributed by atoms with Crippen molar-refractivity contribution in [1.29, 1.82) is 0 Å². The molecule has 13 nitrogen and oxygen atoms in total. The van der Waals surface area contributed by atoms with Crippen LogP contribution in [0.4, 0.5) is 5.82 Å². The number of nitrogens with one attached hydrogen (secondary N) is 1. The first-order valence-electron chi connectivity index (χ1n) is 11.5. The highest BCUT2D eigenvalue weighted by molar-refractivity contribution is 6.28. The number of hydrogen-bond donors (Lipinski definition) is 5. The highest BCUT2D eigenvalue weighted by Gasteiger charge is 2.40. The number of phenolic OH excluding ortho intramolecular Hbond substituents is 1. The molecular weight excluding hydrogens is 508 g/mol. The van der Waals surface area contributed by atoms with Crippen LogP contribution in [0.1, 0.15) is 31.4 Å². The van der Waals surface area contributed by atoms with E-state index in [2.05, 4.69) is 25.0 Å². The molecule has 1 unspecified atom stereocenters. The molecule has 37 heavy (non-hydrogen) atoms. The van der Waals surface area contributed by atoms with Crippen LogP contribution < -0.4 is 5.32 Å². The summed E-state index contributed by atoms with van der Waals surface area (Å²) in [4.78, 5) is 36.0. The van der Waals surface area contributed by atoms with E-state index >= 15 is 0 Å². The maximum absolute atomic E-state index is 12.1. The molecule has 2 heterocycles. The fourth-order valence-corrected chi connectivity index (χ4v) is 4.57. The highest BCUT2D eigenvalue weighted by Crippen LogP contribution is 2.36. The van der Waals surface area contributed by atoms with Crippen LogP contribution in [0, 0.1) is 0 Å². The van der Waals surface area contributed by atoms with E-state index in [4.69, 9.17) is 11.6 Å². The Kier molecular flexibility index (Phi) is 8.07. The van der Waals surface area contributed by atoms with Crippen LogP contribution in [0.3, 0.4) is 0 Å². The van der Waals surface area contributed by atoms with Crippen LogP contribution in [0.2, 0.25) is 5.28 Å². The summed E-state index contributed by atoms with van der Waals surface area (Å²) in [6.07, 6.45) is 1.21. The van der Waals surface area contributed by atoms with Crippen LogP contribution >= 0.6 is 11.6 Å². The smallest absolute Gasteiger partial charge is 0.303 e. The van der Waals surface area contributed by atoms with Crippen molar-refractivity contribution < 1.29 is 34.9 Å². The Morgan fingerprint density at radius 3 is 2.68 bits per heavy atom. The molecule has 2 aromatic heterocycles. The number of ether oxygens (including phenoxy) is 1. The minimum atomic E-state index is -0.941. The molecule has 0 saturated heterocycles. The molecule has 4 rings (SSSR count). The Morgan fingerprint density at radius 2 is 2.00 bits per heavy atom. The van der Waals surface area contributed by atoms with E-state index < -0.39 is 42.7 Å². The Balaban J connectivity index is 1.53. The number of amides is 1. The molecule has 198 valence electrons. The molecule has 1 aliphatic rings. The number of phenols is 1. The number of hydrogen-bond acceptors (Lipinski definition) is 11. The van der Waals surface area contributed by atoms with Gasteiger partial charge in [-0.2, -0.15) is 9.97 Å². The normalized spacial score (nSPS) is 20.1. The number of imidazole rings is 1. The number of rotatable bonds is 9. The number of esters is 1. The summed E-state index contributed by atoms with van der Waals surface area (Å²) in [6.45, 7) is 0.327. The van der Waals surface area contributed by atoms with Gasteiger partial charge < -0.3 is 29.9 Å². The average Bonchev–Trinajstić information content (AvgIpc) is 3.45. The number of halogens is 1. The summed E-state index contributed by atoms with van der Waals surface area (Å²) in [5.74, 6) is -1.02. The number of aliphatic hydroxyl groups excluding tert-OH is 2. The number of benzene rings is 1. The summed E-state index contributed by atoms with van der Waals surface area (Å²) in [5.41, 5.74) is 1.56. The van der Waals surface area contributed by atoms with Gasteiger partial charge in [-0.3, -0.25) is 14.8 Å². The number of fused-ring (bicyclic) bond motifs is 1. The van der Waals surface area contributed by atoms with Gasteiger partial charge in [-0.05, 0) is 48.6 Å². The molecule has 3 aromatic rings. The van der Waals surface area contributed by atoms with Crippen molar-refractivity contribution in [3.63, 3.8) is 0 Å². The third-order valence-electron chi connectivity index (χ3n) is 6.20. The SMILES string of the molecule is CC(=O)OCC(=O)N(O)C1C[C@@H](n2cnc3c(N[C@H](CO)Cc4ccc(O)cc4)nc(Cl)nc32)[C@@H](O)C1. The first kappa shape index (κ1) is 26.5. The van der Waals surface area contributed by atoms with Crippen molar-refractivity contribution in [2.45, 2.75) is 50.4 Å². The van der Waals surface area contributed by atoms with Gasteiger partial charge in [0.1, 0.15) is 5.75 Å². The fraction of sp³-hybridized carbons (Fsp3) is 0.435. The predicted octanol–water partition coefficient (Wildman–Crippen LogP) is 1.05. The summed E-state index contributed by atoms with van der Waals surface area (Å²) < 4.78 is 6.25. The molecule has 0 bridgehead atoms. The Labute approximate surface area is 216 Å². The number of anilines is 1. The van der Waals surface area contributed by atoms with Gasteiger partial charge in [-0.25, -0.2) is 10.0 Å². The van der Waals surface area contributed by atoms with Crippen LogP contribution in [-0.4, -0.2) is 88.4 Å². The van der Waals surface area contributed by atoms with Crippen molar-refractivity contribution in [2.24, 2.45) is 0 Å². The molecule has 1 aromatic carbocycles. The van der Waals surface area contributed by atoms with Gasteiger partial charge in [-0.1, -0.05) is 12.1 Å².